The molecule has 5 rings (SSSR count). The number of nitrogens with one attached hydrogen (secondary N) is 1. The fourth-order valence-electron chi connectivity index (χ4n) is 4.80. The lowest BCUT2D eigenvalue weighted by Crippen LogP contribution is -2.27. The molecule has 0 atom stereocenters. The van der Waals surface area contributed by atoms with E-state index in [2.05, 4.69) is 20.1 Å². The van der Waals surface area contributed by atoms with Crippen LogP contribution in [0.5, 0.6) is 5.75 Å². The Labute approximate surface area is 208 Å². The van der Waals surface area contributed by atoms with Gasteiger partial charge >= 0.3 is 0 Å². The van der Waals surface area contributed by atoms with Gasteiger partial charge in [-0.25, -0.2) is 9.37 Å². The van der Waals surface area contributed by atoms with Crippen LogP contribution in [0.15, 0.2) is 42.9 Å². The zero-order valence-electron chi connectivity index (χ0n) is 20.9. The van der Waals surface area contributed by atoms with Crippen molar-refractivity contribution in [1.29, 1.82) is 0 Å². The van der Waals surface area contributed by atoms with Crippen molar-refractivity contribution in [3.63, 3.8) is 0 Å². The molecule has 1 N–H and O–H groups in total. The molecule has 36 heavy (non-hydrogen) atoms. The summed E-state index contributed by atoms with van der Waals surface area (Å²) in [7, 11) is 6.94. The molecule has 1 aromatic carbocycles. The number of benzene rings is 1. The van der Waals surface area contributed by atoms with Gasteiger partial charge in [0.25, 0.3) is 5.91 Å². The van der Waals surface area contributed by atoms with E-state index in [1.165, 1.54) is 11.0 Å². The van der Waals surface area contributed by atoms with E-state index >= 15 is 0 Å². The molecule has 1 fully saturated rings. The monoisotopic (exact) mass is 491 g/mol. The molecular weight excluding hydrogens is 461 g/mol. The van der Waals surface area contributed by atoms with Gasteiger partial charge < -0.3 is 15.0 Å². The van der Waals surface area contributed by atoms with Crippen LogP contribution in [0.3, 0.4) is 0 Å². The van der Waals surface area contributed by atoms with Gasteiger partial charge in [-0.2, -0.15) is 10.2 Å². The highest BCUT2D eigenvalue weighted by atomic mass is 19.1. The number of aromatic nitrogens is 5. The molecule has 0 spiro atoms. The number of pyridine rings is 1. The lowest BCUT2D eigenvalue weighted by molar-refractivity contribution is 0.0819. The molecule has 4 aromatic rings. The number of halogens is 1. The number of rotatable bonds is 6. The Morgan fingerprint density at radius 2 is 1.97 bits per heavy atom. The SMILES string of the molecule is CNc1cc2c(cn1)c(-c1cnn(C)c1)nn2C1CCC(Oc2cccc(C(=O)N(C)C)c2F)CC1. The van der Waals surface area contributed by atoms with Crippen LogP contribution in [0.1, 0.15) is 42.1 Å². The molecule has 0 radical (unpaired) electrons. The third-order valence-electron chi connectivity index (χ3n) is 6.71. The van der Waals surface area contributed by atoms with E-state index in [1.807, 2.05) is 38.8 Å². The number of carbonyl (C=O) groups excluding carboxylic acids is 1. The van der Waals surface area contributed by atoms with Crippen LogP contribution in [0.4, 0.5) is 10.2 Å². The van der Waals surface area contributed by atoms with Crippen molar-refractivity contribution < 1.29 is 13.9 Å². The van der Waals surface area contributed by atoms with Crippen molar-refractivity contribution in [2.24, 2.45) is 7.05 Å². The van der Waals surface area contributed by atoms with Crippen molar-refractivity contribution in [2.75, 3.05) is 26.5 Å². The maximum absolute atomic E-state index is 15.0. The zero-order chi connectivity index (χ0) is 25.4. The largest absolute Gasteiger partial charge is 0.487 e. The number of ether oxygens (including phenoxy) is 1. The molecule has 188 valence electrons. The van der Waals surface area contributed by atoms with Gasteiger partial charge in [0, 0.05) is 57.6 Å². The highest BCUT2D eigenvalue weighted by Gasteiger charge is 2.28. The number of fused-ring (bicyclic) bond motifs is 1. The first-order valence-corrected chi connectivity index (χ1v) is 12.1. The van der Waals surface area contributed by atoms with Crippen LogP contribution in [0.25, 0.3) is 22.2 Å². The minimum Gasteiger partial charge on any atom is -0.487 e. The lowest BCUT2D eigenvalue weighted by Gasteiger charge is -2.30. The van der Waals surface area contributed by atoms with Crippen molar-refractivity contribution in [1.82, 2.24) is 29.4 Å². The second-order valence-electron chi connectivity index (χ2n) is 9.40. The van der Waals surface area contributed by atoms with E-state index < -0.39 is 5.82 Å². The summed E-state index contributed by atoms with van der Waals surface area (Å²) >= 11 is 0. The third-order valence-corrected chi connectivity index (χ3v) is 6.71. The molecule has 0 unspecified atom stereocenters. The average molecular weight is 492 g/mol. The number of anilines is 1. The summed E-state index contributed by atoms with van der Waals surface area (Å²) < 4.78 is 24.9. The summed E-state index contributed by atoms with van der Waals surface area (Å²) in [4.78, 5) is 18.1. The van der Waals surface area contributed by atoms with Crippen LogP contribution in [0, 0.1) is 5.82 Å². The Morgan fingerprint density at radius 3 is 2.64 bits per heavy atom. The van der Waals surface area contributed by atoms with E-state index in [0.29, 0.717) is 0 Å². The molecule has 3 aromatic heterocycles. The first-order valence-electron chi connectivity index (χ1n) is 12.1. The molecule has 9 nitrogen and oxygen atoms in total. The lowest BCUT2D eigenvalue weighted by atomic mass is 9.93. The first kappa shape index (κ1) is 23.8. The van der Waals surface area contributed by atoms with Crippen LogP contribution >= 0.6 is 0 Å². The highest BCUT2D eigenvalue weighted by molar-refractivity contribution is 5.95. The Balaban J connectivity index is 1.36. The molecular formula is C26H30FN7O2. The van der Waals surface area contributed by atoms with Gasteiger partial charge in [0.15, 0.2) is 11.6 Å². The van der Waals surface area contributed by atoms with Crippen molar-refractivity contribution in [3.05, 3.63) is 54.2 Å². The van der Waals surface area contributed by atoms with E-state index in [9.17, 15) is 9.18 Å². The molecule has 0 aliphatic heterocycles. The van der Waals surface area contributed by atoms with Crippen molar-refractivity contribution >= 4 is 22.6 Å². The molecule has 1 amide bonds. The Bertz CT molecular complexity index is 1400. The summed E-state index contributed by atoms with van der Waals surface area (Å²) in [6.45, 7) is 0. The molecule has 1 saturated carbocycles. The molecule has 1 aliphatic carbocycles. The normalized spacial score (nSPS) is 17.8. The molecule has 10 heteroatoms. The minimum atomic E-state index is -0.607. The minimum absolute atomic E-state index is 0.0195. The van der Waals surface area contributed by atoms with Crippen molar-refractivity contribution in [2.45, 2.75) is 37.8 Å². The topological polar surface area (TPSA) is 90.1 Å². The summed E-state index contributed by atoms with van der Waals surface area (Å²) in [6, 6.07) is 6.92. The number of nitrogens with zero attached hydrogens (tertiary/aromatic N) is 6. The van der Waals surface area contributed by atoms with Crippen LogP contribution in [-0.4, -0.2) is 62.6 Å². The smallest absolute Gasteiger partial charge is 0.256 e. The van der Waals surface area contributed by atoms with Crippen LogP contribution in [0.2, 0.25) is 0 Å². The standard InChI is InChI=1S/C26H30FN7O2/c1-28-23-12-21-20(14-29-23)25(16-13-30-33(4)15-16)31-34(21)17-8-10-18(11-9-17)36-22-7-5-6-19(24(22)27)26(35)32(2)3/h5-7,12-15,17-18H,8-11H2,1-4H3,(H,28,29). The third kappa shape index (κ3) is 4.38. The summed E-state index contributed by atoms with van der Waals surface area (Å²) in [5, 5.41) is 13.4. The van der Waals surface area contributed by atoms with Gasteiger partial charge in [0.2, 0.25) is 0 Å². The van der Waals surface area contributed by atoms with Gasteiger partial charge in [-0.05, 0) is 37.8 Å². The highest BCUT2D eigenvalue weighted by Crippen LogP contribution is 2.37. The predicted molar refractivity (Wildman–Crippen MR) is 136 cm³/mol. The Morgan fingerprint density at radius 1 is 1.19 bits per heavy atom. The molecule has 0 bridgehead atoms. The maximum atomic E-state index is 15.0. The summed E-state index contributed by atoms with van der Waals surface area (Å²) in [5.41, 5.74) is 2.83. The number of hydrogen-bond donors (Lipinski definition) is 1. The fraction of sp³-hybridized carbons (Fsp3) is 0.385. The predicted octanol–water partition coefficient (Wildman–Crippen LogP) is 4.28. The maximum Gasteiger partial charge on any atom is 0.256 e. The Hall–Kier alpha value is -3.95. The van der Waals surface area contributed by atoms with Crippen LogP contribution < -0.4 is 10.1 Å². The van der Waals surface area contributed by atoms with E-state index in [4.69, 9.17) is 9.84 Å². The second kappa shape index (κ2) is 9.60. The van der Waals surface area contributed by atoms with Gasteiger partial charge in [-0.1, -0.05) is 6.07 Å². The average Bonchev–Trinajstić information content (AvgIpc) is 3.48. The van der Waals surface area contributed by atoms with Crippen molar-refractivity contribution in [3.8, 4) is 17.0 Å². The number of carbonyl (C=O) groups is 1. The second-order valence-corrected chi connectivity index (χ2v) is 9.40. The van der Waals surface area contributed by atoms with Gasteiger partial charge in [-0.3, -0.25) is 14.2 Å². The summed E-state index contributed by atoms with van der Waals surface area (Å²) in [5.74, 6) is -0.0861. The van der Waals surface area contributed by atoms with Gasteiger partial charge in [0.1, 0.15) is 11.5 Å². The molecule has 1 aliphatic rings. The van der Waals surface area contributed by atoms with E-state index in [0.717, 1.165) is 53.7 Å². The van der Waals surface area contributed by atoms with Gasteiger partial charge in [-0.15, -0.1) is 0 Å². The van der Waals surface area contributed by atoms with E-state index in [-0.39, 0.29) is 29.4 Å². The zero-order valence-corrected chi connectivity index (χ0v) is 20.9. The molecule has 0 saturated heterocycles. The van der Waals surface area contributed by atoms with E-state index in [1.54, 1.807) is 30.9 Å². The Kier molecular flexibility index (Phi) is 6.34. The number of hydrogen-bond acceptors (Lipinski definition) is 6. The molecule has 3 heterocycles. The van der Waals surface area contributed by atoms with Gasteiger partial charge in [0.05, 0.1) is 29.4 Å². The quantitative estimate of drug-likeness (QED) is 0.433. The fourth-order valence-corrected chi connectivity index (χ4v) is 4.80. The number of amides is 1. The van der Waals surface area contributed by atoms with Crippen LogP contribution in [-0.2, 0) is 7.05 Å². The summed E-state index contributed by atoms with van der Waals surface area (Å²) in [6.07, 6.45) is 8.67. The first-order chi connectivity index (χ1) is 17.4. The number of aryl methyl sites for hydroxylation is 1.